The zero-order valence-electron chi connectivity index (χ0n) is 10.0. The van der Waals surface area contributed by atoms with Crippen molar-refractivity contribution in [3.63, 3.8) is 0 Å². The van der Waals surface area contributed by atoms with E-state index in [0.717, 1.165) is 12.1 Å². The molecule has 0 bridgehead atoms. The van der Waals surface area contributed by atoms with Crippen molar-refractivity contribution in [3.8, 4) is 0 Å². The van der Waals surface area contributed by atoms with Crippen LogP contribution >= 0.6 is 0 Å². The van der Waals surface area contributed by atoms with Gasteiger partial charge in [0, 0.05) is 7.11 Å². The van der Waals surface area contributed by atoms with Crippen molar-refractivity contribution in [1.29, 1.82) is 0 Å². The van der Waals surface area contributed by atoms with Gasteiger partial charge in [-0.2, -0.15) is 13.2 Å². The van der Waals surface area contributed by atoms with Crippen molar-refractivity contribution in [1.82, 2.24) is 0 Å². The molecule has 18 heavy (non-hydrogen) atoms. The highest BCUT2D eigenvalue weighted by Gasteiger charge is 2.30. The maximum Gasteiger partial charge on any atom is 0.416 e. The summed E-state index contributed by atoms with van der Waals surface area (Å²) >= 11 is 0. The molecule has 2 N–H and O–H groups in total. The van der Waals surface area contributed by atoms with Gasteiger partial charge in [0.15, 0.2) is 0 Å². The molecule has 6 heteroatoms. The smallest absolute Gasteiger partial charge is 0.382 e. The first-order chi connectivity index (χ1) is 8.45. The molecule has 1 unspecified atom stereocenters. The molecule has 3 nitrogen and oxygen atoms in total. The predicted octanol–water partition coefficient (Wildman–Crippen LogP) is 2.37. The Balaban J connectivity index is 2.51. The van der Waals surface area contributed by atoms with Crippen LogP contribution in [0.15, 0.2) is 24.3 Å². The van der Waals surface area contributed by atoms with E-state index in [4.69, 9.17) is 15.2 Å². The monoisotopic (exact) mass is 263 g/mol. The molecular weight excluding hydrogens is 247 g/mol. The van der Waals surface area contributed by atoms with Crippen LogP contribution < -0.4 is 5.73 Å². The Morgan fingerprint density at radius 1 is 1.17 bits per heavy atom. The highest BCUT2D eigenvalue weighted by atomic mass is 19.4. The topological polar surface area (TPSA) is 44.5 Å². The van der Waals surface area contributed by atoms with Crippen molar-refractivity contribution in [2.75, 3.05) is 26.9 Å². The predicted molar refractivity (Wildman–Crippen MR) is 61.1 cm³/mol. The first-order valence-corrected chi connectivity index (χ1v) is 5.44. The summed E-state index contributed by atoms with van der Waals surface area (Å²) in [5.41, 5.74) is 5.72. The van der Waals surface area contributed by atoms with Crippen LogP contribution in [0.4, 0.5) is 13.2 Å². The SMILES string of the molecule is COCCOCC(N)c1ccc(C(F)(F)F)cc1. The minimum absolute atomic E-state index is 0.245. The lowest BCUT2D eigenvalue weighted by molar-refractivity contribution is -0.137. The Labute approximate surface area is 104 Å². The van der Waals surface area contributed by atoms with Crippen molar-refractivity contribution < 1.29 is 22.6 Å². The Kier molecular flexibility index (Phi) is 5.58. The van der Waals surface area contributed by atoms with E-state index in [0.29, 0.717) is 18.8 Å². The number of benzene rings is 1. The lowest BCUT2D eigenvalue weighted by Crippen LogP contribution is -2.18. The number of nitrogens with two attached hydrogens (primary N) is 1. The zero-order chi connectivity index (χ0) is 13.6. The van der Waals surface area contributed by atoms with Crippen LogP contribution in [-0.2, 0) is 15.7 Å². The molecule has 102 valence electrons. The number of methoxy groups -OCH3 is 1. The summed E-state index contributed by atoms with van der Waals surface area (Å²) in [5, 5.41) is 0. The molecule has 0 fully saturated rings. The highest BCUT2D eigenvalue weighted by Crippen LogP contribution is 2.29. The maximum atomic E-state index is 12.3. The largest absolute Gasteiger partial charge is 0.416 e. The standard InChI is InChI=1S/C12H16F3NO2/c1-17-6-7-18-8-11(16)9-2-4-10(5-3-9)12(13,14)15/h2-5,11H,6-8,16H2,1H3. The highest BCUT2D eigenvalue weighted by molar-refractivity contribution is 5.26. The molecule has 0 aromatic heterocycles. The molecule has 0 aliphatic carbocycles. The van der Waals surface area contributed by atoms with Crippen LogP contribution in [0.3, 0.4) is 0 Å². The van der Waals surface area contributed by atoms with E-state index in [1.807, 2.05) is 0 Å². The Morgan fingerprint density at radius 3 is 2.28 bits per heavy atom. The number of ether oxygens (including phenoxy) is 2. The van der Waals surface area contributed by atoms with Gasteiger partial charge in [-0.25, -0.2) is 0 Å². The third-order valence-corrected chi connectivity index (χ3v) is 2.40. The molecule has 0 radical (unpaired) electrons. The molecule has 0 saturated heterocycles. The maximum absolute atomic E-state index is 12.3. The average Bonchev–Trinajstić information content (AvgIpc) is 2.33. The minimum Gasteiger partial charge on any atom is -0.382 e. The minimum atomic E-state index is -4.32. The molecule has 1 aromatic carbocycles. The van der Waals surface area contributed by atoms with Crippen LogP contribution in [0.2, 0.25) is 0 Å². The number of hydrogen-bond donors (Lipinski definition) is 1. The molecular formula is C12H16F3NO2. The summed E-state index contributed by atoms with van der Waals surface area (Å²) in [6.07, 6.45) is -4.32. The van der Waals surface area contributed by atoms with E-state index in [1.165, 1.54) is 12.1 Å². The summed E-state index contributed by atoms with van der Waals surface area (Å²) in [5.74, 6) is 0. The van der Waals surface area contributed by atoms with Gasteiger partial charge >= 0.3 is 6.18 Å². The van der Waals surface area contributed by atoms with E-state index in [9.17, 15) is 13.2 Å². The molecule has 0 saturated carbocycles. The second-order valence-electron chi connectivity index (χ2n) is 3.79. The van der Waals surface area contributed by atoms with Crippen molar-refractivity contribution in [3.05, 3.63) is 35.4 Å². The molecule has 0 amide bonds. The van der Waals surface area contributed by atoms with E-state index in [1.54, 1.807) is 7.11 Å². The first-order valence-electron chi connectivity index (χ1n) is 5.44. The average molecular weight is 263 g/mol. The molecule has 0 aliphatic rings. The van der Waals surface area contributed by atoms with E-state index in [-0.39, 0.29) is 6.61 Å². The van der Waals surface area contributed by atoms with E-state index in [2.05, 4.69) is 0 Å². The van der Waals surface area contributed by atoms with Gasteiger partial charge in [-0.05, 0) is 17.7 Å². The summed E-state index contributed by atoms with van der Waals surface area (Å²) in [6, 6.07) is 4.33. The molecule has 0 aliphatic heterocycles. The summed E-state index contributed by atoms with van der Waals surface area (Å²) in [4.78, 5) is 0. The fraction of sp³-hybridized carbons (Fsp3) is 0.500. The lowest BCUT2D eigenvalue weighted by Gasteiger charge is -2.13. The number of hydrogen-bond acceptors (Lipinski definition) is 3. The summed E-state index contributed by atoms with van der Waals surface area (Å²) in [7, 11) is 1.55. The fourth-order valence-corrected chi connectivity index (χ4v) is 1.37. The number of rotatable bonds is 6. The van der Waals surface area contributed by atoms with Gasteiger partial charge in [0.2, 0.25) is 0 Å². The van der Waals surface area contributed by atoms with Crippen molar-refractivity contribution in [2.45, 2.75) is 12.2 Å². The van der Waals surface area contributed by atoms with Gasteiger partial charge in [0.25, 0.3) is 0 Å². The molecule has 1 atom stereocenters. The van der Waals surface area contributed by atoms with Crippen LogP contribution in [0.25, 0.3) is 0 Å². The van der Waals surface area contributed by atoms with Crippen LogP contribution in [0.1, 0.15) is 17.2 Å². The molecule has 1 aromatic rings. The fourth-order valence-electron chi connectivity index (χ4n) is 1.37. The van der Waals surface area contributed by atoms with Crippen LogP contribution in [0.5, 0.6) is 0 Å². The quantitative estimate of drug-likeness (QED) is 0.801. The van der Waals surface area contributed by atoms with Crippen LogP contribution in [-0.4, -0.2) is 26.9 Å². The molecule has 0 spiro atoms. The second kappa shape index (κ2) is 6.72. The number of alkyl halides is 3. The lowest BCUT2D eigenvalue weighted by atomic mass is 10.1. The summed E-state index contributed by atoms with van der Waals surface area (Å²) in [6.45, 7) is 1.11. The van der Waals surface area contributed by atoms with Gasteiger partial charge in [0.1, 0.15) is 0 Å². The van der Waals surface area contributed by atoms with Crippen LogP contribution in [0, 0.1) is 0 Å². The third kappa shape index (κ3) is 4.64. The number of halogens is 3. The Bertz CT molecular complexity index is 351. The first kappa shape index (κ1) is 14.9. The van der Waals surface area contributed by atoms with Gasteiger partial charge in [0.05, 0.1) is 31.4 Å². The van der Waals surface area contributed by atoms with Crippen molar-refractivity contribution in [2.24, 2.45) is 5.73 Å². The van der Waals surface area contributed by atoms with Crippen molar-refractivity contribution >= 4 is 0 Å². The summed E-state index contributed by atoms with van der Waals surface area (Å²) < 4.78 is 47.0. The normalized spacial score (nSPS) is 13.6. The van der Waals surface area contributed by atoms with Gasteiger partial charge < -0.3 is 15.2 Å². The van der Waals surface area contributed by atoms with E-state index >= 15 is 0 Å². The van der Waals surface area contributed by atoms with Gasteiger partial charge in [-0.15, -0.1) is 0 Å². The van der Waals surface area contributed by atoms with Gasteiger partial charge in [-0.1, -0.05) is 12.1 Å². The van der Waals surface area contributed by atoms with Gasteiger partial charge in [-0.3, -0.25) is 0 Å². The second-order valence-corrected chi connectivity index (χ2v) is 3.79. The molecule has 1 rings (SSSR count). The molecule has 0 heterocycles. The Hall–Kier alpha value is -1.11. The Morgan fingerprint density at radius 2 is 1.78 bits per heavy atom. The van der Waals surface area contributed by atoms with E-state index < -0.39 is 17.8 Å². The zero-order valence-corrected chi connectivity index (χ0v) is 10.0. The third-order valence-electron chi connectivity index (χ3n) is 2.40.